The van der Waals surface area contributed by atoms with Crippen molar-refractivity contribution in [3.8, 4) is 0 Å². The van der Waals surface area contributed by atoms with E-state index in [9.17, 15) is 51.5 Å². The van der Waals surface area contributed by atoms with Gasteiger partial charge in [0, 0.05) is 69.0 Å². The quantitative estimate of drug-likeness (QED) is 0.256. The first-order valence-electron chi connectivity index (χ1n) is 35.4. The lowest BCUT2D eigenvalue weighted by molar-refractivity contribution is -0.155. The summed E-state index contributed by atoms with van der Waals surface area (Å²) in [5.41, 5.74) is -2.32. The molecule has 3 aliphatic heterocycles. The number of fused-ring (bicyclic) bond motifs is 1. The Morgan fingerprint density at radius 3 is 1.85 bits per heavy atom. The molecule has 546 valence electrons. The van der Waals surface area contributed by atoms with Gasteiger partial charge in [-0.3, -0.25) is 57.5 Å². The van der Waals surface area contributed by atoms with Crippen molar-refractivity contribution in [1.82, 2.24) is 60.0 Å². The molecule has 3 aliphatic carbocycles. The van der Waals surface area contributed by atoms with E-state index in [4.69, 9.17) is 11.6 Å². The Hall–Kier alpha value is -7.06. The van der Waals surface area contributed by atoms with Gasteiger partial charge in [0.25, 0.3) is 0 Å². The van der Waals surface area contributed by atoms with Crippen LogP contribution >= 0.6 is 11.6 Å². The molecular weight excluding hydrogens is 1290 g/mol. The van der Waals surface area contributed by atoms with Crippen LogP contribution in [-0.4, -0.2) is 251 Å². The predicted molar refractivity (Wildman–Crippen MR) is 360 cm³/mol. The van der Waals surface area contributed by atoms with E-state index >= 15 is 19.2 Å². The second kappa shape index (κ2) is 34.3. The van der Waals surface area contributed by atoms with Crippen LogP contribution in [0.25, 0.3) is 0 Å². The molecule has 3 N–H and O–H groups in total. The lowest BCUT2D eigenvalue weighted by Crippen LogP contribution is -2.64. The molecule has 3 heterocycles. The van der Waals surface area contributed by atoms with Crippen molar-refractivity contribution in [2.24, 2.45) is 23.7 Å². The van der Waals surface area contributed by atoms with Gasteiger partial charge in [-0.15, -0.1) is 0 Å². The van der Waals surface area contributed by atoms with Gasteiger partial charge in [0.15, 0.2) is 0 Å². The SMILES string of the molecule is CC[C@H](C)[C@@H]1NC(=O)[C@H](CC(C)C)N(C)C(=O)C[C@@H](C(=O)N2CCCCC2)N(C)C(=O)[C@H](C2CC2)N(C)C(=O)C2(CCCC2)NC(=O)[C@@H]2CCCN2C(=O)[C@H](CCc2ccc(C(F)(F)F)c(Cl)c2)NC(=O)CN(C)C(=O)[C@H](CC2CCCCC2)N(C)C(=O)CN(C)C(=O)CN(C)C1=O. The fraction of sp³-hybridized carbons (Fsp3) is 0.743. The van der Waals surface area contributed by atoms with E-state index in [0.29, 0.717) is 70.0 Å². The van der Waals surface area contributed by atoms with Crippen molar-refractivity contribution in [3.63, 3.8) is 0 Å². The average molecular weight is 1400 g/mol. The van der Waals surface area contributed by atoms with Crippen molar-refractivity contribution in [2.75, 3.05) is 88.6 Å². The van der Waals surface area contributed by atoms with Gasteiger partial charge in [0.2, 0.25) is 70.9 Å². The summed E-state index contributed by atoms with van der Waals surface area (Å²) in [4.78, 5) is 189. The molecule has 1 spiro atoms. The zero-order chi connectivity index (χ0) is 72.2. The number of amides is 12. The third-order valence-electron chi connectivity index (χ3n) is 21.3. The number of benzene rings is 1. The maximum Gasteiger partial charge on any atom is 0.417 e. The molecule has 0 bridgehead atoms. The van der Waals surface area contributed by atoms with Crippen LogP contribution in [0.15, 0.2) is 18.2 Å². The highest BCUT2D eigenvalue weighted by molar-refractivity contribution is 6.31. The highest BCUT2D eigenvalue weighted by Gasteiger charge is 2.53. The van der Waals surface area contributed by atoms with Crippen molar-refractivity contribution in [2.45, 2.75) is 223 Å². The van der Waals surface area contributed by atoms with E-state index < -0.39 is 167 Å². The number of likely N-dealkylation sites (N-methyl/N-ethyl adjacent to an activating group) is 7. The van der Waals surface area contributed by atoms with E-state index in [0.717, 1.165) is 65.4 Å². The zero-order valence-electron chi connectivity index (χ0n) is 59.3. The smallest absolute Gasteiger partial charge is 0.343 e. The molecule has 24 nitrogen and oxygen atoms in total. The number of carbonyl (C=O) groups is 12. The Morgan fingerprint density at radius 1 is 0.633 bits per heavy atom. The largest absolute Gasteiger partial charge is 0.417 e. The molecule has 1 aromatic carbocycles. The molecule has 6 aliphatic rings. The molecular formula is C70H106ClF3N12O12. The lowest BCUT2D eigenvalue weighted by Gasteiger charge is -2.41. The number of nitrogens with one attached hydrogen (secondary N) is 3. The van der Waals surface area contributed by atoms with Crippen LogP contribution in [0.4, 0.5) is 13.2 Å². The van der Waals surface area contributed by atoms with Crippen LogP contribution in [0, 0.1) is 23.7 Å². The summed E-state index contributed by atoms with van der Waals surface area (Å²) in [7, 11) is 9.94. The first-order valence-corrected chi connectivity index (χ1v) is 35.7. The summed E-state index contributed by atoms with van der Waals surface area (Å²) in [5, 5.41) is 8.12. The second-order valence-corrected chi connectivity index (χ2v) is 29.5. The highest BCUT2D eigenvalue weighted by atomic mass is 35.5. The van der Waals surface area contributed by atoms with E-state index in [1.807, 2.05) is 20.8 Å². The van der Waals surface area contributed by atoms with Crippen molar-refractivity contribution in [3.05, 3.63) is 34.3 Å². The van der Waals surface area contributed by atoms with Gasteiger partial charge in [-0.1, -0.05) is 96.7 Å². The summed E-state index contributed by atoms with van der Waals surface area (Å²) >= 11 is 6.14. The first kappa shape index (κ1) is 78.3. The molecule has 8 atom stereocenters. The van der Waals surface area contributed by atoms with Crippen molar-refractivity contribution < 1.29 is 70.7 Å². The van der Waals surface area contributed by atoms with Crippen LogP contribution in [0.3, 0.4) is 0 Å². The standard InChI is InChI=1S/C70H106ClF3N12O12/c1-12-44(4)59-66(96)80(7)41-57(89)78(5)42-58(90)82(9)53(38-45-22-15-13-16-23-45)64(94)79(6)40-55(87)75-50(30-26-46-25-29-48(49(71)37-46)70(72,73)74)63(93)86-35-21-24-51(86)62(92)77-69(31-17-18-32-69)68(98)84(11)60(47-27-28-47)67(97)83(10)54(65(95)85-33-19-14-20-34-85)39-56(88)81(8)52(36-43(2)3)61(91)76-59/h25,29,37,43-45,47,50-54,59-60H,12-24,26-28,30-36,38-42H2,1-11H3,(H,75,87)(H,76,91)(H,77,92)/t44-,50-,51-,52-,53-,54-,59-,60-/m0/s1. The number of hydrogen-bond donors (Lipinski definition) is 3. The summed E-state index contributed by atoms with van der Waals surface area (Å²) in [6.45, 7) is 6.45. The minimum absolute atomic E-state index is 0.0210. The van der Waals surface area contributed by atoms with Crippen LogP contribution < -0.4 is 16.0 Å². The van der Waals surface area contributed by atoms with E-state index in [-0.39, 0.29) is 69.2 Å². The molecule has 0 unspecified atom stereocenters. The number of likely N-dealkylation sites (tertiary alicyclic amines) is 1. The van der Waals surface area contributed by atoms with E-state index in [1.54, 1.807) is 11.8 Å². The molecule has 98 heavy (non-hydrogen) atoms. The van der Waals surface area contributed by atoms with Crippen molar-refractivity contribution in [1.29, 1.82) is 0 Å². The highest BCUT2D eigenvalue weighted by Crippen LogP contribution is 2.40. The predicted octanol–water partition coefficient (Wildman–Crippen LogP) is 5.25. The molecule has 3 saturated heterocycles. The molecule has 12 amide bonds. The Bertz CT molecular complexity index is 3080. The van der Waals surface area contributed by atoms with Gasteiger partial charge in [-0.2, -0.15) is 13.2 Å². The number of carbonyl (C=O) groups excluding carboxylic acids is 12. The molecule has 0 radical (unpaired) electrons. The summed E-state index contributed by atoms with van der Waals surface area (Å²) < 4.78 is 41.5. The topological polar surface area (TPSA) is 270 Å². The van der Waals surface area contributed by atoms with Gasteiger partial charge in [-0.05, 0) is 125 Å². The number of piperidine rings is 1. The van der Waals surface area contributed by atoms with Gasteiger partial charge in [0.05, 0.1) is 36.6 Å². The Morgan fingerprint density at radius 2 is 1.24 bits per heavy atom. The maximum atomic E-state index is 15.4. The number of hydrogen-bond acceptors (Lipinski definition) is 12. The van der Waals surface area contributed by atoms with Gasteiger partial charge in [-0.25, -0.2) is 0 Å². The molecule has 3 saturated carbocycles. The normalized spacial score (nSPS) is 26.9. The number of nitrogens with zero attached hydrogens (tertiary/aromatic N) is 9. The Labute approximate surface area is 580 Å². The third-order valence-corrected chi connectivity index (χ3v) is 21.6. The number of rotatable bonds is 11. The number of aryl methyl sites for hydroxylation is 1. The van der Waals surface area contributed by atoms with Gasteiger partial charge < -0.3 is 60.0 Å². The molecule has 28 heteroatoms. The Kier molecular flexibility index (Phi) is 27.4. The van der Waals surface area contributed by atoms with Crippen LogP contribution in [0.5, 0.6) is 0 Å². The van der Waals surface area contributed by atoms with E-state index in [1.165, 1.54) is 79.9 Å². The van der Waals surface area contributed by atoms with Crippen LogP contribution in [0.2, 0.25) is 5.02 Å². The minimum Gasteiger partial charge on any atom is -0.343 e. The molecule has 1 aromatic rings. The summed E-state index contributed by atoms with van der Waals surface area (Å²) in [6.07, 6.45) is 4.75. The Balaban J connectivity index is 1.26. The average Bonchev–Trinajstić information content (AvgIpc) is 1.59. The van der Waals surface area contributed by atoms with Gasteiger partial charge >= 0.3 is 6.18 Å². The van der Waals surface area contributed by atoms with Crippen LogP contribution in [0.1, 0.15) is 174 Å². The monoisotopic (exact) mass is 1400 g/mol. The molecule has 0 aromatic heterocycles. The zero-order valence-corrected chi connectivity index (χ0v) is 60.1. The molecule has 6 fully saturated rings. The maximum absolute atomic E-state index is 15.4. The fourth-order valence-electron chi connectivity index (χ4n) is 14.8. The summed E-state index contributed by atoms with van der Waals surface area (Å²) in [5.74, 6) is -8.69. The first-order chi connectivity index (χ1) is 46.2. The number of alkyl halides is 3. The minimum atomic E-state index is -4.76. The summed E-state index contributed by atoms with van der Waals surface area (Å²) in [6, 6.07) is -5.47. The second-order valence-electron chi connectivity index (χ2n) is 29.1. The van der Waals surface area contributed by atoms with Crippen molar-refractivity contribution >= 4 is 82.5 Å². The van der Waals surface area contributed by atoms with Crippen LogP contribution in [-0.2, 0) is 70.1 Å². The number of halogens is 4. The third kappa shape index (κ3) is 19.5. The fourth-order valence-corrected chi connectivity index (χ4v) is 15.1. The van der Waals surface area contributed by atoms with Gasteiger partial charge in [0.1, 0.15) is 47.8 Å². The van der Waals surface area contributed by atoms with E-state index in [2.05, 4.69) is 16.0 Å². The molecule has 7 rings (SSSR count). The lowest BCUT2D eigenvalue weighted by atomic mass is 9.84.